The Hall–Kier alpha value is -5.06. The van der Waals surface area contributed by atoms with Crippen molar-refractivity contribution in [2.24, 2.45) is 5.10 Å². The molecule has 0 bridgehead atoms. The zero-order chi connectivity index (χ0) is 24.4. The van der Waals surface area contributed by atoms with E-state index in [1.165, 1.54) is 16.8 Å². The first kappa shape index (κ1) is 21.8. The van der Waals surface area contributed by atoms with Crippen LogP contribution in [0.15, 0.2) is 76.6 Å². The Morgan fingerprint density at radius 2 is 1.77 bits per heavy atom. The maximum atomic E-state index is 13.0. The number of nitrogens with zero attached hydrogens (tertiary/aromatic N) is 4. The van der Waals surface area contributed by atoms with Crippen molar-refractivity contribution in [3.63, 3.8) is 0 Å². The van der Waals surface area contributed by atoms with Gasteiger partial charge in [-0.05, 0) is 17.7 Å². The molecule has 1 N–H and O–H groups in total. The first-order valence-corrected chi connectivity index (χ1v) is 10.5. The first-order valence-electron chi connectivity index (χ1n) is 10.5. The van der Waals surface area contributed by atoms with Crippen LogP contribution < -0.4 is 20.5 Å². The number of hydrazone groups is 1. The Bertz CT molecular complexity index is 1550. The number of aromatic nitrogens is 2. The largest absolute Gasteiger partial charge is 0.454 e. The molecule has 2 heterocycles. The summed E-state index contributed by atoms with van der Waals surface area (Å²) in [6.07, 6.45) is 1.14. The monoisotopic (exact) mass is 471 g/mol. The number of amides is 1. The van der Waals surface area contributed by atoms with Crippen LogP contribution in [0.3, 0.4) is 0 Å². The van der Waals surface area contributed by atoms with Gasteiger partial charge in [-0.1, -0.05) is 48.5 Å². The molecule has 1 aromatic heterocycles. The molecular formula is C24H17N5O6. The summed E-state index contributed by atoms with van der Waals surface area (Å²) in [6.45, 7) is 0.138. The summed E-state index contributed by atoms with van der Waals surface area (Å²) in [6, 6.07) is 18.5. The molecule has 1 aliphatic heterocycles. The topological polar surface area (TPSA) is 138 Å². The SMILES string of the molecule is O=C(NN=Cc1cc2c(cc1[N+](=O)[O-])OCO2)c1nn(Cc2ccccc2)c(=O)c2ccccc12. The van der Waals surface area contributed by atoms with Gasteiger partial charge >= 0.3 is 0 Å². The predicted molar refractivity (Wildman–Crippen MR) is 126 cm³/mol. The van der Waals surface area contributed by atoms with Crippen LogP contribution in [0.5, 0.6) is 11.5 Å². The van der Waals surface area contributed by atoms with Crippen molar-refractivity contribution in [3.8, 4) is 11.5 Å². The number of benzene rings is 3. The standard InChI is InChI=1S/C24H17N5O6/c30-23(26-25-12-16-10-20-21(35-14-34-20)11-19(16)29(32)33)22-17-8-4-5-9-18(17)24(31)28(27-22)13-15-6-2-1-3-7-15/h1-12H,13-14H2,(H,26,30). The second-order valence-corrected chi connectivity index (χ2v) is 7.56. The highest BCUT2D eigenvalue weighted by atomic mass is 16.7. The molecule has 0 fully saturated rings. The molecule has 5 rings (SSSR count). The van der Waals surface area contributed by atoms with Crippen LogP contribution in [0, 0.1) is 10.1 Å². The molecule has 3 aromatic carbocycles. The summed E-state index contributed by atoms with van der Waals surface area (Å²) >= 11 is 0. The van der Waals surface area contributed by atoms with Crippen LogP contribution >= 0.6 is 0 Å². The molecule has 0 atom stereocenters. The van der Waals surface area contributed by atoms with Gasteiger partial charge in [-0.3, -0.25) is 19.7 Å². The Kier molecular flexibility index (Phi) is 5.63. The van der Waals surface area contributed by atoms with Crippen LogP contribution in [-0.4, -0.2) is 33.6 Å². The van der Waals surface area contributed by atoms with E-state index < -0.39 is 10.8 Å². The lowest BCUT2D eigenvalue weighted by molar-refractivity contribution is -0.385. The van der Waals surface area contributed by atoms with Crippen molar-refractivity contribution in [2.75, 3.05) is 6.79 Å². The number of ether oxygens (including phenoxy) is 2. The van der Waals surface area contributed by atoms with E-state index in [0.29, 0.717) is 16.5 Å². The molecule has 0 radical (unpaired) electrons. The molecule has 0 spiro atoms. The molecule has 0 unspecified atom stereocenters. The molecule has 1 amide bonds. The van der Waals surface area contributed by atoms with Gasteiger partial charge in [-0.15, -0.1) is 0 Å². The van der Waals surface area contributed by atoms with Gasteiger partial charge in [0.25, 0.3) is 17.2 Å². The minimum atomic E-state index is -0.678. The van der Waals surface area contributed by atoms with E-state index in [4.69, 9.17) is 9.47 Å². The fourth-order valence-electron chi connectivity index (χ4n) is 3.69. The Balaban J connectivity index is 1.46. The summed E-state index contributed by atoms with van der Waals surface area (Å²) in [4.78, 5) is 36.8. The van der Waals surface area contributed by atoms with Crippen molar-refractivity contribution < 1.29 is 19.2 Å². The third-order valence-corrected chi connectivity index (χ3v) is 5.35. The summed E-state index contributed by atoms with van der Waals surface area (Å²) in [5.41, 5.74) is 2.71. The number of carbonyl (C=O) groups is 1. The van der Waals surface area contributed by atoms with Crippen LogP contribution in [0.25, 0.3) is 10.8 Å². The number of hydrogen-bond acceptors (Lipinski definition) is 8. The molecule has 0 saturated heterocycles. The van der Waals surface area contributed by atoms with Crippen molar-refractivity contribution in [1.82, 2.24) is 15.2 Å². The van der Waals surface area contributed by atoms with Crippen molar-refractivity contribution in [1.29, 1.82) is 0 Å². The van der Waals surface area contributed by atoms with E-state index in [9.17, 15) is 19.7 Å². The lowest BCUT2D eigenvalue weighted by Gasteiger charge is -2.10. The Morgan fingerprint density at radius 1 is 1.09 bits per heavy atom. The lowest BCUT2D eigenvalue weighted by Crippen LogP contribution is -2.29. The van der Waals surface area contributed by atoms with Crippen molar-refractivity contribution in [3.05, 3.63) is 104 Å². The third kappa shape index (κ3) is 4.29. The van der Waals surface area contributed by atoms with E-state index in [0.717, 1.165) is 11.8 Å². The lowest BCUT2D eigenvalue weighted by atomic mass is 10.1. The highest BCUT2D eigenvalue weighted by Gasteiger charge is 2.23. The molecule has 0 aliphatic carbocycles. The van der Waals surface area contributed by atoms with Gasteiger partial charge in [0, 0.05) is 5.39 Å². The molecule has 4 aromatic rings. The van der Waals surface area contributed by atoms with Gasteiger partial charge in [0.05, 0.1) is 34.7 Å². The maximum Gasteiger partial charge on any atom is 0.292 e. The van der Waals surface area contributed by atoms with Gasteiger partial charge in [-0.25, -0.2) is 10.1 Å². The molecule has 174 valence electrons. The molecule has 1 aliphatic rings. The van der Waals surface area contributed by atoms with Gasteiger partial charge < -0.3 is 9.47 Å². The van der Waals surface area contributed by atoms with Crippen molar-refractivity contribution >= 4 is 28.6 Å². The van der Waals surface area contributed by atoms with E-state index in [-0.39, 0.29) is 41.6 Å². The zero-order valence-electron chi connectivity index (χ0n) is 18.1. The average Bonchev–Trinajstić information content (AvgIpc) is 3.33. The van der Waals surface area contributed by atoms with E-state index in [1.807, 2.05) is 30.3 Å². The number of rotatable bonds is 6. The number of nitro benzene ring substituents is 1. The van der Waals surface area contributed by atoms with Crippen molar-refractivity contribution in [2.45, 2.75) is 6.54 Å². The number of carbonyl (C=O) groups excluding carboxylic acids is 1. The molecule has 35 heavy (non-hydrogen) atoms. The normalized spacial score (nSPS) is 12.2. The van der Waals surface area contributed by atoms with E-state index in [1.54, 1.807) is 24.3 Å². The highest BCUT2D eigenvalue weighted by molar-refractivity contribution is 6.05. The minimum absolute atomic E-state index is 0.00605. The van der Waals surface area contributed by atoms with Gasteiger partial charge in [0.2, 0.25) is 6.79 Å². The average molecular weight is 471 g/mol. The smallest absolute Gasteiger partial charge is 0.292 e. The molecule has 11 nitrogen and oxygen atoms in total. The number of hydrogen-bond donors (Lipinski definition) is 1. The molecule has 11 heteroatoms. The second kappa shape index (κ2) is 9.06. The highest BCUT2D eigenvalue weighted by Crippen LogP contribution is 2.37. The predicted octanol–water partition coefficient (Wildman–Crippen LogP) is 2.85. The first-order chi connectivity index (χ1) is 17.0. The van der Waals surface area contributed by atoms with Crippen LogP contribution in [-0.2, 0) is 6.54 Å². The minimum Gasteiger partial charge on any atom is -0.454 e. The summed E-state index contributed by atoms with van der Waals surface area (Å²) < 4.78 is 11.6. The molecular weight excluding hydrogens is 454 g/mol. The van der Waals surface area contributed by atoms with Gasteiger partial charge in [-0.2, -0.15) is 10.2 Å². The fourth-order valence-corrected chi connectivity index (χ4v) is 3.69. The maximum absolute atomic E-state index is 13.0. The summed E-state index contributed by atoms with van der Waals surface area (Å²) in [7, 11) is 0. The summed E-state index contributed by atoms with van der Waals surface area (Å²) in [5, 5.41) is 20.3. The Morgan fingerprint density at radius 3 is 2.51 bits per heavy atom. The quantitative estimate of drug-likeness (QED) is 0.259. The van der Waals surface area contributed by atoms with Gasteiger partial charge in [0.15, 0.2) is 17.2 Å². The number of nitrogens with one attached hydrogen (secondary N) is 1. The zero-order valence-corrected chi connectivity index (χ0v) is 18.1. The molecule has 0 saturated carbocycles. The fraction of sp³-hybridized carbons (Fsp3) is 0.0833. The van der Waals surface area contributed by atoms with Crippen LogP contribution in [0.2, 0.25) is 0 Å². The third-order valence-electron chi connectivity index (χ3n) is 5.35. The second-order valence-electron chi connectivity index (χ2n) is 7.56. The van der Waals surface area contributed by atoms with E-state index in [2.05, 4.69) is 15.6 Å². The summed E-state index contributed by atoms with van der Waals surface area (Å²) in [5.74, 6) is -0.0825. The van der Waals surface area contributed by atoms with Gasteiger partial charge in [0.1, 0.15) is 0 Å². The van der Waals surface area contributed by atoms with Crippen LogP contribution in [0.4, 0.5) is 5.69 Å². The number of nitro groups is 1. The van der Waals surface area contributed by atoms with E-state index >= 15 is 0 Å². The Labute approximate surface area is 197 Å². The number of fused-ring (bicyclic) bond motifs is 2. The van der Waals surface area contributed by atoms with Crippen LogP contribution in [0.1, 0.15) is 21.6 Å².